The number of rotatable bonds is 4. The third kappa shape index (κ3) is 4.85. The predicted octanol–water partition coefficient (Wildman–Crippen LogP) is 3.85. The molecule has 0 saturated carbocycles. The molecule has 8 heteroatoms. The second kappa shape index (κ2) is 8.68. The zero-order valence-electron chi connectivity index (χ0n) is 15.0. The average molecular weight is 386 g/mol. The third-order valence-corrected chi connectivity index (χ3v) is 5.19. The summed E-state index contributed by atoms with van der Waals surface area (Å²) in [6.07, 6.45) is 1.09. The van der Waals surface area contributed by atoms with Gasteiger partial charge in [0.1, 0.15) is 0 Å². The summed E-state index contributed by atoms with van der Waals surface area (Å²) < 4.78 is 0. The van der Waals surface area contributed by atoms with Gasteiger partial charge in [0, 0.05) is 42.4 Å². The Morgan fingerprint density at radius 3 is 2.26 bits per heavy atom. The Kier molecular flexibility index (Phi) is 6.08. The van der Waals surface area contributed by atoms with Crippen molar-refractivity contribution in [1.82, 2.24) is 4.90 Å². The number of para-hydroxylation sites is 1. The van der Waals surface area contributed by atoms with E-state index in [1.165, 1.54) is 4.90 Å². The SMILES string of the molecule is CSc1ccccc1NC(=O)Nc1ccc(N2CCN(C(=O)O)CC2)cc1. The summed E-state index contributed by atoms with van der Waals surface area (Å²) in [6.45, 7) is 2.30. The first-order chi connectivity index (χ1) is 13.1. The lowest BCUT2D eigenvalue weighted by molar-refractivity contribution is 0.142. The molecule has 0 unspecified atom stereocenters. The number of carbonyl (C=O) groups is 2. The number of benzene rings is 2. The summed E-state index contributed by atoms with van der Waals surface area (Å²) in [5.74, 6) is 0. The molecule has 2 aromatic carbocycles. The van der Waals surface area contributed by atoms with Crippen LogP contribution in [-0.2, 0) is 0 Å². The highest BCUT2D eigenvalue weighted by Crippen LogP contribution is 2.25. The van der Waals surface area contributed by atoms with Gasteiger partial charge in [-0.15, -0.1) is 11.8 Å². The Balaban J connectivity index is 1.56. The van der Waals surface area contributed by atoms with Crippen molar-refractivity contribution < 1.29 is 14.7 Å². The van der Waals surface area contributed by atoms with Crippen LogP contribution in [0.25, 0.3) is 0 Å². The van der Waals surface area contributed by atoms with Crippen LogP contribution in [0.3, 0.4) is 0 Å². The van der Waals surface area contributed by atoms with Crippen LogP contribution in [-0.4, -0.2) is 54.6 Å². The van der Waals surface area contributed by atoms with Gasteiger partial charge < -0.3 is 25.5 Å². The van der Waals surface area contributed by atoms with Crippen molar-refractivity contribution in [2.75, 3.05) is 48.0 Å². The number of nitrogens with zero attached hydrogens (tertiary/aromatic N) is 2. The molecule has 1 heterocycles. The molecule has 3 rings (SSSR count). The first kappa shape index (κ1) is 18.9. The molecule has 3 N–H and O–H groups in total. The lowest BCUT2D eigenvalue weighted by Gasteiger charge is -2.34. The van der Waals surface area contributed by atoms with Crippen molar-refractivity contribution >= 4 is 40.9 Å². The average Bonchev–Trinajstić information content (AvgIpc) is 2.69. The van der Waals surface area contributed by atoms with Gasteiger partial charge in [0.25, 0.3) is 0 Å². The summed E-state index contributed by atoms with van der Waals surface area (Å²) in [4.78, 5) is 27.8. The highest BCUT2D eigenvalue weighted by molar-refractivity contribution is 7.98. The zero-order valence-corrected chi connectivity index (χ0v) is 15.8. The van der Waals surface area contributed by atoms with E-state index in [2.05, 4.69) is 15.5 Å². The smallest absolute Gasteiger partial charge is 0.407 e. The van der Waals surface area contributed by atoms with Crippen LogP contribution >= 0.6 is 11.8 Å². The molecule has 1 fully saturated rings. The van der Waals surface area contributed by atoms with Gasteiger partial charge in [0.05, 0.1) is 5.69 Å². The number of thioether (sulfide) groups is 1. The Bertz CT molecular complexity index is 805. The number of piperazine rings is 1. The van der Waals surface area contributed by atoms with Gasteiger partial charge in [-0.05, 0) is 42.7 Å². The van der Waals surface area contributed by atoms with Crippen LogP contribution in [0.4, 0.5) is 26.7 Å². The Morgan fingerprint density at radius 1 is 0.963 bits per heavy atom. The fourth-order valence-corrected chi connectivity index (χ4v) is 3.50. The first-order valence-corrected chi connectivity index (χ1v) is 9.83. The van der Waals surface area contributed by atoms with Gasteiger partial charge in [0.15, 0.2) is 0 Å². The number of hydrogen-bond acceptors (Lipinski definition) is 4. The highest BCUT2D eigenvalue weighted by atomic mass is 32.2. The van der Waals surface area contributed by atoms with Gasteiger partial charge in [-0.3, -0.25) is 0 Å². The summed E-state index contributed by atoms with van der Waals surface area (Å²) in [5, 5.41) is 14.7. The maximum atomic E-state index is 12.2. The number of urea groups is 1. The molecular formula is C19H22N4O3S. The van der Waals surface area contributed by atoms with Crippen molar-refractivity contribution in [3.05, 3.63) is 48.5 Å². The third-order valence-electron chi connectivity index (χ3n) is 4.40. The molecule has 142 valence electrons. The van der Waals surface area contributed by atoms with Crippen LogP contribution in [0.5, 0.6) is 0 Å². The molecule has 7 nitrogen and oxygen atoms in total. The summed E-state index contributed by atoms with van der Waals surface area (Å²) >= 11 is 1.58. The molecule has 0 aromatic heterocycles. The van der Waals surface area contributed by atoms with Crippen LogP contribution in [0.1, 0.15) is 0 Å². The van der Waals surface area contributed by atoms with Crippen LogP contribution < -0.4 is 15.5 Å². The van der Waals surface area contributed by atoms with Gasteiger partial charge in [-0.1, -0.05) is 12.1 Å². The van der Waals surface area contributed by atoms with E-state index in [-0.39, 0.29) is 6.03 Å². The highest BCUT2D eigenvalue weighted by Gasteiger charge is 2.20. The van der Waals surface area contributed by atoms with Crippen LogP contribution in [0.2, 0.25) is 0 Å². The minimum Gasteiger partial charge on any atom is -0.465 e. The van der Waals surface area contributed by atoms with Gasteiger partial charge in [0.2, 0.25) is 0 Å². The van der Waals surface area contributed by atoms with Crippen LogP contribution in [0, 0.1) is 0 Å². The molecule has 2 aromatic rings. The lowest BCUT2D eigenvalue weighted by atomic mass is 10.2. The minimum absolute atomic E-state index is 0.292. The monoisotopic (exact) mass is 386 g/mol. The summed E-state index contributed by atoms with van der Waals surface area (Å²) in [6, 6.07) is 14.9. The maximum absolute atomic E-state index is 12.2. The van der Waals surface area contributed by atoms with E-state index in [0.717, 1.165) is 16.3 Å². The minimum atomic E-state index is -0.872. The van der Waals surface area contributed by atoms with E-state index in [0.29, 0.717) is 31.9 Å². The quantitative estimate of drug-likeness (QED) is 0.695. The van der Waals surface area contributed by atoms with Crippen molar-refractivity contribution in [1.29, 1.82) is 0 Å². The molecule has 0 bridgehead atoms. The van der Waals surface area contributed by atoms with E-state index >= 15 is 0 Å². The fraction of sp³-hybridized carbons (Fsp3) is 0.263. The van der Waals surface area contributed by atoms with E-state index in [1.54, 1.807) is 11.8 Å². The van der Waals surface area contributed by atoms with E-state index < -0.39 is 6.09 Å². The number of carbonyl (C=O) groups excluding carboxylic acids is 1. The van der Waals surface area contributed by atoms with Crippen molar-refractivity contribution in [3.63, 3.8) is 0 Å². The standard InChI is InChI=1S/C19H22N4O3S/c1-27-17-5-3-2-4-16(17)21-18(24)20-14-6-8-15(9-7-14)22-10-12-23(13-11-22)19(25)26/h2-9H,10-13H2,1H3,(H,25,26)(H2,20,21,24). The predicted molar refractivity (Wildman–Crippen MR) is 109 cm³/mol. The number of amides is 3. The van der Waals surface area contributed by atoms with Gasteiger partial charge >= 0.3 is 12.1 Å². The molecule has 0 radical (unpaired) electrons. The van der Waals surface area contributed by atoms with E-state index in [1.807, 2.05) is 54.8 Å². The van der Waals surface area contributed by atoms with Crippen molar-refractivity contribution in [2.45, 2.75) is 4.90 Å². The first-order valence-electron chi connectivity index (χ1n) is 8.61. The molecule has 0 atom stereocenters. The maximum Gasteiger partial charge on any atom is 0.407 e. The molecule has 1 aliphatic rings. The molecule has 27 heavy (non-hydrogen) atoms. The Hall–Kier alpha value is -2.87. The number of carboxylic acid groups (broad SMARTS) is 1. The largest absolute Gasteiger partial charge is 0.465 e. The van der Waals surface area contributed by atoms with E-state index in [4.69, 9.17) is 5.11 Å². The second-order valence-corrected chi connectivity index (χ2v) is 6.93. The van der Waals surface area contributed by atoms with E-state index in [9.17, 15) is 9.59 Å². The molecule has 3 amide bonds. The fourth-order valence-electron chi connectivity index (χ4n) is 2.94. The van der Waals surface area contributed by atoms with Gasteiger partial charge in [-0.2, -0.15) is 0 Å². The molecular weight excluding hydrogens is 364 g/mol. The van der Waals surface area contributed by atoms with Crippen molar-refractivity contribution in [3.8, 4) is 0 Å². The summed E-state index contributed by atoms with van der Waals surface area (Å²) in [5.41, 5.74) is 2.48. The van der Waals surface area contributed by atoms with Crippen LogP contribution in [0.15, 0.2) is 53.4 Å². The number of hydrogen-bond donors (Lipinski definition) is 3. The lowest BCUT2D eigenvalue weighted by Crippen LogP contribution is -2.48. The Labute approximate surface area is 162 Å². The number of anilines is 3. The second-order valence-electron chi connectivity index (χ2n) is 6.08. The molecule has 1 saturated heterocycles. The molecule has 1 aliphatic heterocycles. The summed E-state index contributed by atoms with van der Waals surface area (Å²) in [7, 11) is 0. The van der Waals surface area contributed by atoms with Gasteiger partial charge in [-0.25, -0.2) is 9.59 Å². The van der Waals surface area contributed by atoms with Crippen molar-refractivity contribution in [2.24, 2.45) is 0 Å². The topological polar surface area (TPSA) is 84.9 Å². The number of nitrogens with one attached hydrogen (secondary N) is 2. The normalized spacial score (nSPS) is 14.0. The molecule has 0 spiro atoms. The Morgan fingerprint density at radius 2 is 1.63 bits per heavy atom. The molecule has 0 aliphatic carbocycles. The zero-order chi connectivity index (χ0) is 19.2.